The van der Waals surface area contributed by atoms with Gasteiger partial charge in [-0.05, 0) is 54.2 Å². The molecule has 9 heteroatoms. The monoisotopic (exact) mass is 694 g/mol. The van der Waals surface area contributed by atoms with Crippen LogP contribution in [-0.4, -0.2) is 29.6 Å². The van der Waals surface area contributed by atoms with E-state index in [-0.39, 0.29) is 18.4 Å². The number of hydrogen-bond donors (Lipinski definition) is 2. The third-order valence-corrected chi connectivity index (χ3v) is 9.93. The fourth-order valence-corrected chi connectivity index (χ4v) is 7.15. The maximum atomic E-state index is 14.7. The number of aliphatic imine (C=N–C) groups is 1. The summed E-state index contributed by atoms with van der Waals surface area (Å²) in [5, 5.41) is 4.07. The van der Waals surface area contributed by atoms with Crippen LogP contribution in [-0.2, 0) is 20.9 Å². The van der Waals surface area contributed by atoms with Crippen LogP contribution in [0.1, 0.15) is 62.1 Å². The fraction of sp³-hybridized carbons (Fsp3) is 0.300. The van der Waals surface area contributed by atoms with Crippen molar-refractivity contribution in [2.75, 3.05) is 4.90 Å². The number of fused-ring (bicyclic) bond motifs is 1. The first-order valence-electron chi connectivity index (χ1n) is 16.9. The van der Waals surface area contributed by atoms with Crippen LogP contribution in [0, 0.1) is 17.8 Å². The number of rotatable bonds is 13. The summed E-state index contributed by atoms with van der Waals surface area (Å²) in [6, 6.07) is 30.5. The molecule has 3 amide bonds. The maximum Gasteiger partial charge on any atom is 0.272 e. The van der Waals surface area contributed by atoms with E-state index >= 15 is 0 Å². The van der Waals surface area contributed by atoms with Crippen molar-refractivity contribution in [3.63, 3.8) is 0 Å². The number of halogens is 2. The van der Waals surface area contributed by atoms with Gasteiger partial charge < -0.3 is 16.0 Å². The van der Waals surface area contributed by atoms with Crippen LogP contribution < -0.4 is 16.0 Å². The summed E-state index contributed by atoms with van der Waals surface area (Å²) in [6.07, 6.45) is 3.56. The highest BCUT2D eigenvalue weighted by Gasteiger charge is 2.40. The maximum absolute atomic E-state index is 14.7. The molecule has 3 atom stereocenters. The molecule has 1 heterocycles. The van der Waals surface area contributed by atoms with Crippen molar-refractivity contribution in [3.8, 4) is 11.1 Å². The predicted octanol–water partition coefficient (Wildman–Crippen LogP) is 8.19. The highest BCUT2D eigenvalue weighted by atomic mass is 35.5. The summed E-state index contributed by atoms with van der Waals surface area (Å²) in [6.45, 7) is 2.26. The normalized spacial score (nSPS) is 17.0. The van der Waals surface area contributed by atoms with Gasteiger partial charge in [-0.15, -0.1) is 0 Å². The van der Waals surface area contributed by atoms with E-state index in [4.69, 9.17) is 33.9 Å². The van der Waals surface area contributed by atoms with Crippen LogP contribution in [0.4, 0.5) is 5.69 Å². The molecule has 4 aromatic carbocycles. The van der Waals surface area contributed by atoms with Crippen molar-refractivity contribution in [1.29, 1.82) is 0 Å². The molecule has 1 fully saturated rings. The number of nitrogens with two attached hydrogens (primary N) is 1. The highest BCUT2D eigenvalue weighted by Crippen LogP contribution is 2.39. The molecule has 4 aromatic rings. The first kappa shape index (κ1) is 34.4. The smallest absolute Gasteiger partial charge is 0.272 e. The van der Waals surface area contributed by atoms with Crippen LogP contribution in [0.15, 0.2) is 102 Å². The quantitative estimate of drug-likeness (QED) is 0.147. The average Bonchev–Trinajstić information content (AvgIpc) is 3.94. The molecule has 1 aliphatic heterocycles. The Hall–Kier alpha value is -4.46. The van der Waals surface area contributed by atoms with Gasteiger partial charge in [0.05, 0.1) is 17.9 Å². The molecule has 252 valence electrons. The zero-order chi connectivity index (χ0) is 34.5. The second-order valence-electron chi connectivity index (χ2n) is 13.0. The van der Waals surface area contributed by atoms with E-state index in [0.717, 1.165) is 53.5 Å². The summed E-state index contributed by atoms with van der Waals surface area (Å²) in [4.78, 5) is 48.2. The number of carbonyl (C=O) groups excluding carboxylic acids is 3. The Morgan fingerprint density at radius 3 is 2.35 bits per heavy atom. The zero-order valence-electron chi connectivity index (χ0n) is 27.4. The third-order valence-electron chi connectivity index (χ3n) is 9.38. The molecular formula is C40H40Cl2N4O3. The van der Waals surface area contributed by atoms with Crippen LogP contribution in [0.5, 0.6) is 0 Å². The van der Waals surface area contributed by atoms with Crippen molar-refractivity contribution < 1.29 is 14.4 Å². The van der Waals surface area contributed by atoms with E-state index in [2.05, 4.69) is 5.32 Å². The number of benzene rings is 4. The SMILES string of the molecule is CCCCC(C(N)=O)C(CC1CC1)C(=O)NC1N=C(c2ccccc2)c2ccccc2N(Cc2cccc(-c3ccc(Cl)cc3Cl)c2)C1=O. The van der Waals surface area contributed by atoms with Crippen LogP contribution >= 0.6 is 23.2 Å². The van der Waals surface area contributed by atoms with Crippen LogP contribution in [0.2, 0.25) is 10.0 Å². The van der Waals surface area contributed by atoms with E-state index in [1.807, 2.05) is 91.9 Å². The lowest BCUT2D eigenvalue weighted by molar-refractivity contribution is -0.135. The average molecular weight is 696 g/mol. The summed E-state index contributed by atoms with van der Waals surface area (Å²) < 4.78 is 0. The number of carbonyl (C=O) groups is 3. The summed E-state index contributed by atoms with van der Waals surface area (Å²) in [5.41, 5.74) is 11.3. The first-order chi connectivity index (χ1) is 23.7. The van der Waals surface area contributed by atoms with Gasteiger partial charge in [-0.25, -0.2) is 4.99 Å². The third kappa shape index (κ3) is 8.06. The summed E-state index contributed by atoms with van der Waals surface area (Å²) in [5.74, 6) is -2.11. The van der Waals surface area contributed by atoms with Gasteiger partial charge in [-0.2, -0.15) is 0 Å². The molecule has 0 saturated heterocycles. The van der Waals surface area contributed by atoms with Crippen molar-refractivity contribution >= 4 is 52.3 Å². The lowest BCUT2D eigenvalue weighted by Gasteiger charge is -2.28. The fourth-order valence-electron chi connectivity index (χ4n) is 6.63. The summed E-state index contributed by atoms with van der Waals surface area (Å²) >= 11 is 12.7. The molecule has 2 aliphatic rings. The van der Waals surface area contributed by atoms with E-state index in [1.54, 1.807) is 17.0 Å². The number of hydrogen-bond acceptors (Lipinski definition) is 4. The number of nitrogens with one attached hydrogen (secondary N) is 1. The Kier molecular flexibility index (Phi) is 10.8. The van der Waals surface area contributed by atoms with E-state index in [9.17, 15) is 14.4 Å². The van der Waals surface area contributed by atoms with Gasteiger partial charge in [0, 0.05) is 38.6 Å². The molecular weight excluding hydrogens is 655 g/mol. The van der Waals surface area contributed by atoms with E-state index < -0.39 is 23.9 Å². The van der Waals surface area contributed by atoms with Crippen molar-refractivity contribution in [1.82, 2.24) is 5.32 Å². The number of primary amides is 1. The second-order valence-corrected chi connectivity index (χ2v) is 13.8. The van der Waals surface area contributed by atoms with E-state index in [0.29, 0.717) is 40.2 Å². The van der Waals surface area contributed by atoms with Gasteiger partial charge in [0.1, 0.15) is 0 Å². The van der Waals surface area contributed by atoms with Gasteiger partial charge in [-0.1, -0.05) is 129 Å². The minimum Gasteiger partial charge on any atom is -0.369 e. The lowest BCUT2D eigenvalue weighted by Crippen LogP contribution is -2.50. The molecule has 1 aliphatic carbocycles. The van der Waals surface area contributed by atoms with Gasteiger partial charge in [0.2, 0.25) is 18.0 Å². The number of anilines is 1. The molecule has 3 N–H and O–H groups in total. The molecule has 49 heavy (non-hydrogen) atoms. The largest absolute Gasteiger partial charge is 0.369 e. The Bertz CT molecular complexity index is 1870. The second kappa shape index (κ2) is 15.4. The molecule has 0 aromatic heterocycles. The first-order valence-corrected chi connectivity index (χ1v) is 17.7. The van der Waals surface area contributed by atoms with Gasteiger partial charge in [0.15, 0.2) is 0 Å². The van der Waals surface area contributed by atoms with Gasteiger partial charge >= 0.3 is 0 Å². The predicted molar refractivity (Wildman–Crippen MR) is 197 cm³/mol. The van der Waals surface area contributed by atoms with Gasteiger partial charge in [-0.3, -0.25) is 14.4 Å². The molecule has 1 saturated carbocycles. The topological polar surface area (TPSA) is 105 Å². The van der Waals surface area contributed by atoms with Gasteiger partial charge in [0.25, 0.3) is 5.91 Å². The Balaban J connectivity index is 1.39. The minimum atomic E-state index is -1.23. The number of benzodiazepines with no additional fused rings is 1. The van der Waals surface area contributed by atoms with Crippen LogP contribution in [0.3, 0.4) is 0 Å². The molecule has 0 radical (unpaired) electrons. The lowest BCUT2D eigenvalue weighted by atomic mass is 9.83. The highest BCUT2D eigenvalue weighted by molar-refractivity contribution is 6.36. The van der Waals surface area contributed by atoms with Crippen molar-refractivity contribution in [2.24, 2.45) is 28.5 Å². The number of unbranched alkanes of at least 4 members (excludes halogenated alkanes) is 1. The number of para-hydroxylation sites is 1. The summed E-state index contributed by atoms with van der Waals surface area (Å²) in [7, 11) is 0. The number of nitrogens with zero attached hydrogens (tertiary/aromatic N) is 2. The standard InChI is InChI=1S/C40H40Cl2N4O3/c1-2-3-14-31(37(43)47)33(22-25-17-18-25)39(48)45-38-40(49)46(24-26-10-9-13-28(21-26)30-20-19-29(41)23-34(30)42)35-16-8-7-15-32(35)36(44-38)27-11-5-4-6-12-27/h4-13,15-16,19-21,23,25,31,33,38H,2-3,14,17-18,22,24H2,1H3,(H2,43,47)(H,45,48). The number of amides is 3. The Morgan fingerprint density at radius 2 is 1.63 bits per heavy atom. The molecule has 0 spiro atoms. The Labute approximate surface area is 297 Å². The molecule has 0 bridgehead atoms. The van der Waals surface area contributed by atoms with Crippen molar-refractivity contribution in [2.45, 2.75) is 58.2 Å². The zero-order valence-corrected chi connectivity index (χ0v) is 29.0. The Morgan fingerprint density at radius 1 is 0.898 bits per heavy atom. The van der Waals surface area contributed by atoms with E-state index in [1.165, 1.54) is 0 Å². The van der Waals surface area contributed by atoms with Crippen molar-refractivity contribution in [3.05, 3.63) is 124 Å². The molecule has 7 nitrogen and oxygen atoms in total. The molecule has 6 rings (SSSR count). The minimum absolute atomic E-state index is 0.213. The van der Waals surface area contributed by atoms with Crippen LogP contribution in [0.25, 0.3) is 11.1 Å². The molecule has 3 unspecified atom stereocenters.